The van der Waals surface area contributed by atoms with Crippen LogP contribution in [0.15, 0.2) is 0 Å². The maximum atomic E-state index is 10.9. The van der Waals surface area contributed by atoms with Crippen LogP contribution in [-0.2, 0) is 0 Å². The van der Waals surface area contributed by atoms with E-state index in [9.17, 15) is 10.1 Å². The zero-order valence-electron chi connectivity index (χ0n) is 10.9. The first-order chi connectivity index (χ1) is 8.65. The van der Waals surface area contributed by atoms with Crippen LogP contribution >= 0.6 is 0 Å². The van der Waals surface area contributed by atoms with Crippen molar-refractivity contribution in [3.05, 3.63) is 10.1 Å². The Kier molecular flexibility index (Phi) is 3.25. The van der Waals surface area contributed by atoms with Crippen LogP contribution in [0.3, 0.4) is 0 Å². The lowest BCUT2D eigenvalue weighted by molar-refractivity contribution is -0.534. The van der Waals surface area contributed by atoms with Gasteiger partial charge < -0.3 is 4.90 Å². The molecule has 102 valence electrons. The molecule has 0 aromatic rings. The lowest BCUT2D eigenvalue weighted by Gasteiger charge is -2.36. The van der Waals surface area contributed by atoms with Gasteiger partial charge in [0, 0.05) is 37.0 Å². The van der Waals surface area contributed by atoms with Crippen molar-refractivity contribution in [2.45, 2.75) is 44.1 Å². The van der Waals surface area contributed by atoms with E-state index in [4.69, 9.17) is 0 Å². The summed E-state index contributed by atoms with van der Waals surface area (Å²) < 4.78 is 0. The SMILES string of the molecule is CN1CC2CCN(C3CCCC([N+](=O)[O-])N3)C2C1. The van der Waals surface area contributed by atoms with Gasteiger partial charge in [0.05, 0.1) is 6.17 Å². The Hall–Kier alpha value is -0.720. The highest BCUT2D eigenvalue weighted by Gasteiger charge is 2.44. The van der Waals surface area contributed by atoms with Gasteiger partial charge in [-0.25, -0.2) is 5.32 Å². The van der Waals surface area contributed by atoms with Crippen molar-refractivity contribution in [1.82, 2.24) is 15.1 Å². The monoisotopic (exact) mass is 254 g/mol. The van der Waals surface area contributed by atoms with Crippen molar-refractivity contribution in [3.8, 4) is 0 Å². The summed E-state index contributed by atoms with van der Waals surface area (Å²) in [6.07, 6.45) is 3.61. The Morgan fingerprint density at radius 2 is 2.11 bits per heavy atom. The molecule has 3 aliphatic rings. The fraction of sp³-hybridized carbons (Fsp3) is 1.00. The van der Waals surface area contributed by atoms with Crippen LogP contribution < -0.4 is 5.32 Å². The number of rotatable bonds is 2. The Labute approximate surface area is 107 Å². The van der Waals surface area contributed by atoms with Gasteiger partial charge in [-0.1, -0.05) is 0 Å². The minimum absolute atomic E-state index is 0.166. The second-order valence-corrected chi connectivity index (χ2v) is 5.99. The summed E-state index contributed by atoms with van der Waals surface area (Å²) in [5, 5.41) is 14.1. The molecule has 0 aliphatic carbocycles. The molecule has 0 aromatic heterocycles. The quantitative estimate of drug-likeness (QED) is 0.568. The maximum absolute atomic E-state index is 10.9. The molecule has 0 saturated carbocycles. The molecule has 18 heavy (non-hydrogen) atoms. The van der Waals surface area contributed by atoms with Crippen molar-refractivity contribution < 1.29 is 4.92 Å². The van der Waals surface area contributed by atoms with Crippen LogP contribution in [0.1, 0.15) is 25.7 Å². The first kappa shape index (κ1) is 12.3. The average Bonchev–Trinajstić information content (AvgIpc) is 2.87. The summed E-state index contributed by atoms with van der Waals surface area (Å²) in [5.74, 6) is 0.771. The van der Waals surface area contributed by atoms with E-state index in [2.05, 4.69) is 22.2 Å². The Morgan fingerprint density at radius 3 is 2.89 bits per heavy atom. The summed E-state index contributed by atoms with van der Waals surface area (Å²) in [7, 11) is 2.17. The predicted molar refractivity (Wildman–Crippen MR) is 67.7 cm³/mol. The van der Waals surface area contributed by atoms with Crippen LogP contribution in [0.25, 0.3) is 0 Å². The second-order valence-electron chi connectivity index (χ2n) is 5.99. The smallest absolute Gasteiger partial charge is 0.267 e. The Bertz CT molecular complexity index is 338. The molecule has 0 radical (unpaired) electrons. The van der Waals surface area contributed by atoms with E-state index in [1.165, 1.54) is 13.0 Å². The third-order valence-corrected chi connectivity index (χ3v) is 4.77. The molecular formula is C12H22N4O2. The summed E-state index contributed by atoms with van der Waals surface area (Å²) >= 11 is 0. The lowest BCUT2D eigenvalue weighted by Crippen LogP contribution is -2.56. The molecule has 4 atom stereocenters. The largest absolute Gasteiger partial charge is 0.304 e. The van der Waals surface area contributed by atoms with E-state index in [0.717, 1.165) is 31.8 Å². The fourth-order valence-corrected chi connectivity index (χ4v) is 3.91. The molecule has 1 N–H and O–H groups in total. The molecule has 3 fully saturated rings. The molecule has 6 nitrogen and oxygen atoms in total. The van der Waals surface area contributed by atoms with Crippen LogP contribution in [0.2, 0.25) is 0 Å². The van der Waals surface area contributed by atoms with E-state index < -0.39 is 6.17 Å². The van der Waals surface area contributed by atoms with Gasteiger partial charge in [-0.2, -0.15) is 0 Å². The average molecular weight is 254 g/mol. The molecule has 0 aromatic carbocycles. The van der Waals surface area contributed by atoms with Gasteiger partial charge in [-0.05, 0) is 32.2 Å². The van der Waals surface area contributed by atoms with E-state index in [0.29, 0.717) is 12.5 Å². The Morgan fingerprint density at radius 1 is 1.28 bits per heavy atom. The molecule has 6 heteroatoms. The van der Waals surface area contributed by atoms with Gasteiger partial charge in [0.2, 0.25) is 0 Å². The standard InChI is InChI=1S/C12H22N4O2/c1-14-7-9-5-6-15(10(9)8-14)11-3-2-4-12(13-11)16(17)18/h9-13H,2-8H2,1H3. The summed E-state index contributed by atoms with van der Waals surface area (Å²) in [5.41, 5.74) is 0. The number of hydrogen-bond donors (Lipinski definition) is 1. The van der Waals surface area contributed by atoms with Gasteiger partial charge in [-0.3, -0.25) is 15.0 Å². The Balaban J connectivity index is 1.66. The fourth-order valence-electron chi connectivity index (χ4n) is 3.91. The van der Waals surface area contributed by atoms with Gasteiger partial charge >= 0.3 is 0 Å². The molecule has 0 amide bonds. The van der Waals surface area contributed by atoms with Crippen molar-refractivity contribution >= 4 is 0 Å². The first-order valence-corrected chi connectivity index (χ1v) is 6.99. The number of fused-ring (bicyclic) bond motifs is 1. The van der Waals surface area contributed by atoms with Crippen LogP contribution in [-0.4, -0.2) is 59.8 Å². The van der Waals surface area contributed by atoms with E-state index in [1.807, 2.05) is 0 Å². The zero-order chi connectivity index (χ0) is 12.7. The second kappa shape index (κ2) is 4.75. The van der Waals surface area contributed by atoms with Crippen molar-refractivity contribution in [2.24, 2.45) is 5.92 Å². The molecule has 0 spiro atoms. The van der Waals surface area contributed by atoms with Crippen LogP contribution in [0.5, 0.6) is 0 Å². The zero-order valence-corrected chi connectivity index (χ0v) is 10.9. The molecule has 3 saturated heterocycles. The topological polar surface area (TPSA) is 61.7 Å². The number of nitrogens with zero attached hydrogens (tertiary/aromatic N) is 3. The van der Waals surface area contributed by atoms with E-state index in [1.54, 1.807) is 0 Å². The third-order valence-electron chi connectivity index (χ3n) is 4.77. The van der Waals surface area contributed by atoms with Crippen molar-refractivity contribution in [2.75, 3.05) is 26.7 Å². The summed E-state index contributed by atoms with van der Waals surface area (Å²) in [6, 6.07) is 0.609. The van der Waals surface area contributed by atoms with Crippen LogP contribution in [0.4, 0.5) is 0 Å². The van der Waals surface area contributed by atoms with Gasteiger partial charge in [0.1, 0.15) is 0 Å². The summed E-state index contributed by atoms with van der Waals surface area (Å²) in [4.78, 5) is 15.6. The van der Waals surface area contributed by atoms with Crippen LogP contribution in [0, 0.1) is 16.0 Å². The number of nitrogens with one attached hydrogen (secondary N) is 1. The van der Waals surface area contributed by atoms with Crippen molar-refractivity contribution in [3.63, 3.8) is 0 Å². The van der Waals surface area contributed by atoms with Gasteiger partial charge in [0.25, 0.3) is 6.17 Å². The maximum Gasteiger partial charge on any atom is 0.267 e. The number of hydrogen-bond acceptors (Lipinski definition) is 5. The molecule has 4 unspecified atom stereocenters. The normalized spacial score (nSPS) is 42.1. The molecule has 3 heterocycles. The molecule has 0 bridgehead atoms. The minimum atomic E-state index is -0.540. The molecular weight excluding hydrogens is 232 g/mol. The third kappa shape index (κ3) is 2.13. The number of likely N-dealkylation sites (tertiary alicyclic amines) is 2. The predicted octanol–water partition coefficient (Wildman–Crippen LogP) is 0.325. The molecule has 3 rings (SSSR count). The summed E-state index contributed by atoms with van der Waals surface area (Å²) in [6.45, 7) is 3.41. The number of nitro groups is 1. The van der Waals surface area contributed by atoms with E-state index in [-0.39, 0.29) is 11.1 Å². The molecule has 3 aliphatic heterocycles. The minimum Gasteiger partial charge on any atom is -0.304 e. The highest BCUT2D eigenvalue weighted by molar-refractivity contribution is 4.97. The number of likely N-dealkylation sites (N-methyl/N-ethyl adjacent to an activating group) is 1. The highest BCUT2D eigenvalue weighted by atomic mass is 16.6. The van der Waals surface area contributed by atoms with Crippen molar-refractivity contribution in [1.29, 1.82) is 0 Å². The highest BCUT2D eigenvalue weighted by Crippen LogP contribution is 2.33. The van der Waals surface area contributed by atoms with Gasteiger partial charge in [0.15, 0.2) is 0 Å². The number of piperidine rings is 1. The lowest BCUT2D eigenvalue weighted by atomic mass is 10.0. The van der Waals surface area contributed by atoms with E-state index >= 15 is 0 Å². The first-order valence-electron chi connectivity index (χ1n) is 6.99. The van der Waals surface area contributed by atoms with Gasteiger partial charge in [-0.15, -0.1) is 0 Å².